The lowest BCUT2D eigenvalue weighted by Gasteiger charge is -2.44. The normalized spacial score (nSPS) is 21.2. The Morgan fingerprint density at radius 2 is 0.676 bits per heavy atom. The van der Waals surface area contributed by atoms with E-state index in [4.69, 9.17) is 0 Å². The summed E-state index contributed by atoms with van der Waals surface area (Å²) in [6, 6.07) is 10.4. The zero-order chi connectivity index (χ0) is 46.2. The molecule has 8 aliphatic carbocycles. The first-order valence-electron chi connectivity index (χ1n) is 24.2. The summed E-state index contributed by atoms with van der Waals surface area (Å²) in [6.07, 6.45) is 23.6. The highest BCUT2D eigenvalue weighted by Gasteiger charge is 2.58. The summed E-state index contributed by atoms with van der Waals surface area (Å²) in [5.74, 6) is -5.55. The van der Waals surface area contributed by atoms with Gasteiger partial charge in [-0.2, -0.15) is 0 Å². The summed E-state index contributed by atoms with van der Waals surface area (Å²) >= 11 is 3.71. The number of carbonyl (C=O) groups is 4. The lowest BCUT2D eigenvalue weighted by atomic mass is 9.58. The first-order valence-corrected chi connectivity index (χ1v) is 25.8. The second-order valence-corrected chi connectivity index (χ2v) is 22.8. The zero-order valence-electron chi connectivity index (χ0n) is 37.0. The minimum atomic E-state index is -1.00. The van der Waals surface area contributed by atoms with Gasteiger partial charge in [0.05, 0.1) is 11.1 Å². The van der Waals surface area contributed by atoms with Gasteiger partial charge in [0.2, 0.25) is 0 Å². The summed E-state index contributed by atoms with van der Waals surface area (Å²) in [7, 11) is 0. The van der Waals surface area contributed by atoms with Crippen molar-refractivity contribution in [3.8, 4) is 9.75 Å². The van der Waals surface area contributed by atoms with E-state index in [9.17, 15) is 36.7 Å². The van der Waals surface area contributed by atoms with Gasteiger partial charge in [-0.05, 0) is 166 Å². The number of thiophene rings is 2. The van der Waals surface area contributed by atoms with Crippen LogP contribution in [0.4, 0.5) is 17.6 Å². The molecule has 3 saturated carbocycles. The molecule has 0 unspecified atom stereocenters. The Kier molecular flexibility index (Phi) is 8.55. The standard InChI is InChI=1S/C58H42F4O4S2/c59-40-20-28-16-34-35(17-29(28)21-41(40)60)51(64)38(50(34)63)24-32-26-44-46(56(32)10-4-1-5-11-56)48-54(67-44)55-49(58(48)14-8-3-9-15-58)47-45(68-55)27-33(57(47)12-6-2-7-13-57)25-39-52(65)36-18-30-22-42(61)43(62)23-31(30)19-37(36)53(39)66/h16-27H,1-15H2. The Morgan fingerprint density at radius 3 is 0.985 bits per heavy atom. The number of fused-ring (bicyclic) bond motifs is 15. The third kappa shape index (κ3) is 5.26. The summed E-state index contributed by atoms with van der Waals surface area (Å²) in [5, 5.41) is 1.48. The Morgan fingerprint density at radius 1 is 0.382 bits per heavy atom. The van der Waals surface area contributed by atoms with Gasteiger partial charge in [0.15, 0.2) is 46.4 Å². The molecule has 3 fully saturated rings. The highest BCUT2D eigenvalue weighted by Crippen LogP contribution is 2.71. The average molecular weight is 943 g/mol. The number of allylic oxidation sites excluding steroid dienone is 6. The van der Waals surface area contributed by atoms with Gasteiger partial charge >= 0.3 is 0 Å². The van der Waals surface area contributed by atoms with Crippen LogP contribution in [0.1, 0.15) is 170 Å². The molecule has 0 saturated heterocycles. The van der Waals surface area contributed by atoms with Crippen LogP contribution in [0.15, 0.2) is 83.0 Å². The highest BCUT2D eigenvalue weighted by atomic mass is 32.1. The topological polar surface area (TPSA) is 68.3 Å². The minimum absolute atomic E-state index is 0.105. The van der Waals surface area contributed by atoms with E-state index in [2.05, 4.69) is 12.2 Å². The van der Waals surface area contributed by atoms with Gasteiger partial charge < -0.3 is 0 Å². The lowest BCUT2D eigenvalue weighted by molar-refractivity contribution is 0.0973. The van der Waals surface area contributed by atoms with Crippen molar-refractivity contribution in [3.05, 3.63) is 161 Å². The van der Waals surface area contributed by atoms with Crippen molar-refractivity contribution in [2.24, 2.45) is 0 Å². The number of halogens is 4. The average Bonchev–Trinajstić information content (AvgIpc) is 4.17. The van der Waals surface area contributed by atoms with Crippen LogP contribution in [0.2, 0.25) is 0 Å². The van der Waals surface area contributed by atoms with Crippen molar-refractivity contribution in [2.75, 3.05) is 0 Å². The van der Waals surface area contributed by atoms with Gasteiger partial charge in [-0.25, -0.2) is 17.6 Å². The fourth-order valence-electron chi connectivity index (χ4n) is 14.4. The molecule has 0 N–H and O–H groups in total. The maximum absolute atomic E-state index is 14.3. The van der Waals surface area contributed by atoms with Crippen molar-refractivity contribution >= 4 is 79.5 Å². The van der Waals surface area contributed by atoms with Gasteiger partial charge in [0.25, 0.3) is 0 Å². The van der Waals surface area contributed by atoms with Crippen molar-refractivity contribution in [2.45, 2.75) is 113 Å². The van der Waals surface area contributed by atoms with Crippen LogP contribution in [0.5, 0.6) is 0 Å². The van der Waals surface area contributed by atoms with Crippen LogP contribution in [0.25, 0.3) is 43.5 Å². The predicted octanol–water partition coefficient (Wildman–Crippen LogP) is 15.1. The Bertz CT molecular complexity index is 3220. The third-order valence-electron chi connectivity index (χ3n) is 17.4. The molecule has 0 atom stereocenters. The summed E-state index contributed by atoms with van der Waals surface area (Å²) in [6.45, 7) is 0. The molecular weight excluding hydrogens is 901 g/mol. The molecule has 0 radical (unpaired) electrons. The molecule has 10 heteroatoms. The van der Waals surface area contributed by atoms with Crippen molar-refractivity contribution < 1.29 is 36.7 Å². The number of hydrogen-bond acceptors (Lipinski definition) is 6. The number of carbonyl (C=O) groups excluding carboxylic acids is 4. The van der Waals surface area contributed by atoms with E-state index < -0.39 is 23.3 Å². The van der Waals surface area contributed by atoms with E-state index in [1.54, 1.807) is 0 Å². The summed E-state index contributed by atoms with van der Waals surface area (Å²) in [5.41, 5.74) is 7.78. The van der Waals surface area contributed by atoms with Crippen LogP contribution in [-0.4, -0.2) is 23.1 Å². The van der Waals surface area contributed by atoms with Gasteiger partial charge in [0, 0.05) is 58.0 Å². The van der Waals surface area contributed by atoms with Crippen LogP contribution in [0.3, 0.4) is 0 Å². The number of hydrogen-bond donors (Lipinski definition) is 0. The first-order chi connectivity index (χ1) is 32.9. The molecule has 2 heterocycles. The van der Waals surface area contributed by atoms with Crippen molar-refractivity contribution in [3.63, 3.8) is 0 Å². The molecule has 0 aliphatic heterocycles. The monoisotopic (exact) mass is 942 g/mol. The zero-order valence-corrected chi connectivity index (χ0v) is 38.6. The van der Waals surface area contributed by atoms with Crippen LogP contribution in [-0.2, 0) is 16.2 Å². The molecule has 0 bridgehead atoms. The van der Waals surface area contributed by atoms with E-state index in [1.165, 1.54) is 66.0 Å². The number of ketones is 4. The second kappa shape index (κ2) is 14.1. The van der Waals surface area contributed by atoms with Crippen LogP contribution < -0.4 is 0 Å². The molecule has 6 aromatic rings. The smallest absolute Gasteiger partial charge is 0.197 e. The van der Waals surface area contributed by atoms with Crippen LogP contribution >= 0.6 is 22.7 Å². The quantitative estimate of drug-likeness (QED) is 0.0985. The predicted molar refractivity (Wildman–Crippen MR) is 258 cm³/mol. The van der Waals surface area contributed by atoms with E-state index >= 15 is 0 Å². The van der Waals surface area contributed by atoms with Crippen LogP contribution in [0, 0.1) is 23.3 Å². The van der Waals surface area contributed by atoms with E-state index in [0.717, 1.165) is 132 Å². The van der Waals surface area contributed by atoms with Crippen molar-refractivity contribution in [1.82, 2.24) is 0 Å². The summed E-state index contributed by atoms with van der Waals surface area (Å²) < 4.78 is 57.2. The maximum Gasteiger partial charge on any atom is 0.197 e. The molecule has 2 aromatic heterocycles. The Labute approximate surface area is 397 Å². The fraction of sp³-hybridized carbons (Fsp3) is 0.310. The molecule has 14 rings (SSSR count). The lowest BCUT2D eigenvalue weighted by Crippen LogP contribution is -2.37. The second-order valence-electron chi connectivity index (χ2n) is 20.7. The fourth-order valence-corrected chi connectivity index (χ4v) is 17.4. The highest BCUT2D eigenvalue weighted by molar-refractivity contribution is 7.24. The van der Waals surface area contributed by atoms with E-state index in [1.807, 2.05) is 34.8 Å². The SMILES string of the molecule is O=C1C(=CC2=Cc3sc4c(c3C23CCCCC3)C2(CCCCC2)c2c-4sc3c2C2(CCCCC2)C(C=C2C(=O)c4cc5cc(F)c(F)cc5cc4C2=O)=C3)C(=O)c2cc3cc(F)c(F)cc3cc21. The van der Waals surface area contributed by atoms with Crippen molar-refractivity contribution in [1.29, 1.82) is 0 Å². The molecule has 8 aliphatic rings. The minimum Gasteiger partial charge on any atom is -0.288 e. The van der Waals surface area contributed by atoms with Gasteiger partial charge in [-0.15, -0.1) is 22.7 Å². The maximum atomic E-state index is 14.3. The molecule has 4 nitrogen and oxygen atoms in total. The van der Waals surface area contributed by atoms with Gasteiger partial charge in [0.1, 0.15) is 0 Å². The molecular formula is C58H42F4O4S2. The molecule has 0 amide bonds. The van der Waals surface area contributed by atoms with Gasteiger partial charge in [-0.1, -0.05) is 57.8 Å². The third-order valence-corrected chi connectivity index (χ3v) is 19.8. The number of Topliss-reactive ketones (excluding diaryl/α,β-unsaturated/α-hetero) is 4. The molecule has 68 heavy (non-hydrogen) atoms. The molecule has 3 spiro atoms. The summed E-state index contributed by atoms with van der Waals surface area (Å²) in [4.78, 5) is 62.0. The van der Waals surface area contributed by atoms with E-state index in [0.29, 0.717) is 21.5 Å². The Balaban J connectivity index is 0.898. The van der Waals surface area contributed by atoms with Gasteiger partial charge in [-0.3, -0.25) is 19.2 Å². The number of rotatable bonds is 2. The number of benzene rings is 4. The molecule has 338 valence electrons. The van der Waals surface area contributed by atoms with E-state index in [-0.39, 0.29) is 72.8 Å². The first kappa shape index (κ1) is 41.2. The Hall–Kier alpha value is -5.84. The molecule has 4 aromatic carbocycles. The largest absolute Gasteiger partial charge is 0.288 e.